The molecule has 1 N–H and O–H groups in total. The van der Waals surface area contributed by atoms with Gasteiger partial charge in [0, 0.05) is 25.6 Å². The van der Waals surface area contributed by atoms with Gasteiger partial charge in [-0.3, -0.25) is 4.79 Å². The summed E-state index contributed by atoms with van der Waals surface area (Å²) in [7, 11) is 1.66. The largest absolute Gasteiger partial charge is 0.462 e. The molecule has 1 aliphatic rings. The third-order valence-electron chi connectivity index (χ3n) is 6.33. The lowest BCUT2D eigenvalue weighted by molar-refractivity contribution is -0.160. The van der Waals surface area contributed by atoms with Crippen molar-refractivity contribution in [1.29, 1.82) is 0 Å². The van der Waals surface area contributed by atoms with Crippen molar-refractivity contribution in [2.24, 2.45) is 0 Å². The van der Waals surface area contributed by atoms with Crippen molar-refractivity contribution < 1.29 is 28.6 Å². The Kier molecular flexibility index (Phi) is 8.23. The molecule has 2 aromatic carbocycles. The monoisotopic (exact) mass is 509 g/mol. The van der Waals surface area contributed by atoms with Crippen LogP contribution in [0.3, 0.4) is 0 Å². The first-order valence-corrected chi connectivity index (χ1v) is 12.4. The second-order valence-corrected chi connectivity index (χ2v) is 9.66. The molecular weight excluding hydrogens is 477 g/mol. The van der Waals surface area contributed by atoms with E-state index in [0.29, 0.717) is 31.5 Å². The molecule has 2 heterocycles. The molecule has 37 heavy (non-hydrogen) atoms. The van der Waals surface area contributed by atoms with Gasteiger partial charge in [0.1, 0.15) is 11.9 Å². The summed E-state index contributed by atoms with van der Waals surface area (Å²) in [6.07, 6.45) is -0.454. The highest BCUT2D eigenvalue weighted by Gasteiger charge is 2.30. The summed E-state index contributed by atoms with van der Waals surface area (Å²) in [4.78, 5) is 26.3. The van der Waals surface area contributed by atoms with Crippen molar-refractivity contribution in [3.8, 4) is 11.6 Å². The highest BCUT2D eigenvalue weighted by atomic mass is 19.1. The van der Waals surface area contributed by atoms with Gasteiger partial charge in [-0.15, -0.1) is 5.10 Å². The molecule has 196 valence electrons. The first-order chi connectivity index (χ1) is 17.7. The van der Waals surface area contributed by atoms with Crippen molar-refractivity contribution in [3.63, 3.8) is 0 Å². The number of aliphatic hydroxyl groups is 1. The maximum absolute atomic E-state index is 13.6. The minimum atomic E-state index is -0.727. The number of aromatic nitrogens is 2. The van der Waals surface area contributed by atoms with Gasteiger partial charge < -0.3 is 19.5 Å². The summed E-state index contributed by atoms with van der Waals surface area (Å²) in [6, 6.07) is 15.5. The van der Waals surface area contributed by atoms with Gasteiger partial charge in [0.15, 0.2) is 0 Å². The number of halogens is 1. The standard InChI is InChI=1S/C28H32FN3O5/c1-18(2)26-24(14-13-23-15-22(33)16-25(34)36-23)32(21-11-9-20(29)10-12-21)30-27(26)37-28(35)31(3)17-19-7-5-4-6-8-19/h4-12,18,22-23,33H,13-17H2,1-3H3. The lowest BCUT2D eigenvalue weighted by atomic mass is 9.96. The van der Waals surface area contributed by atoms with Crippen LogP contribution in [0.5, 0.6) is 5.88 Å². The van der Waals surface area contributed by atoms with Gasteiger partial charge >= 0.3 is 12.1 Å². The van der Waals surface area contributed by atoms with E-state index in [-0.39, 0.29) is 24.0 Å². The van der Waals surface area contributed by atoms with Gasteiger partial charge in [-0.25, -0.2) is 13.9 Å². The van der Waals surface area contributed by atoms with E-state index in [1.807, 2.05) is 44.2 Å². The fourth-order valence-corrected chi connectivity index (χ4v) is 4.55. The normalized spacial score (nSPS) is 17.5. The zero-order chi connectivity index (χ0) is 26.5. The number of ether oxygens (including phenoxy) is 2. The summed E-state index contributed by atoms with van der Waals surface area (Å²) in [6.45, 7) is 4.33. The van der Waals surface area contributed by atoms with Crippen molar-refractivity contribution in [3.05, 3.63) is 77.2 Å². The highest BCUT2D eigenvalue weighted by molar-refractivity contribution is 5.71. The average Bonchev–Trinajstić information content (AvgIpc) is 3.21. The van der Waals surface area contributed by atoms with Crippen LogP contribution in [0, 0.1) is 5.82 Å². The molecule has 1 aliphatic heterocycles. The zero-order valence-corrected chi connectivity index (χ0v) is 21.3. The van der Waals surface area contributed by atoms with Gasteiger partial charge in [0.05, 0.1) is 23.9 Å². The van der Waals surface area contributed by atoms with Gasteiger partial charge in [0.2, 0.25) is 5.88 Å². The Labute approximate surface area is 215 Å². The molecule has 1 aromatic heterocycles. The average molecular weight is 510 g/mol. The molecule has 3 aromatic rings. The van der Waals surface area contributed by atoms with Crippen LogP contribution in [0.2, 0.25) is 0 Å². The van der Waals surface area contributed by atoms with Crippen molar-refractivity contribution in [1.82, 2.24) is 14.7 Å². The molecular formula is C28H32FN3O5. The minimum absolute atomic E-state index is 0.00213. The van der Waals surface area contributed by atoms with Crippen LogP contribution in [0.25, 0.3) is 5.69 Å². The van der Waals surface area contributed by atoms with Gasteiger partial charge in [-0.2, -0.15) is 0 Å². The molecule has 0 bridgehead atoms. The van der Waals surface area contributed by atoms with E-state index < -0.39 is 24.3 Å². The van der Waals surface area contributed by atoms with Crippen LogP contribution in [0.1, 0.15) is 55.8 Å². The van der Waals surface area contributed by atoms with E-state index in [2.05, 4.69) is 5.10 Å². The summed E-state index contributed by atoms with van der Waals surface area (Å²) in [5.41, 5.74) is 3.09. The Morgan fingerprint density at radius 3 is 2.57 bits per heavy atom. The number of aliphatic hydroxyl groups excluding tert-OH is 1. The number of rotatable bonds is 8. The Bertz CT molecular complexity index is 1230. The quantitative estimate of drug-likeness (QED) is 0.440. The number of hydrogen-bond acceptors (Lipinski definition) is 6. The molecule has 1 fully saturated rings. The summed E-state index contributed by atoms with van der Waals surface area (Å²) in [5.74, 6) is -0.666. The van der Waals surface area contributed by atoms with E-state index in [9.17, 15) is 19.1 Å². The van der Waals surface area contributed by atoms with Crippen LogP contribution < -0.4 is 4.74 Å². The number of amides is 1. The van der Waals surface area contributed by atoms with Gasteiger partial charge in [-0.1, -0.05) is 44.2 Å². The number of hydrogen-bond donors (Lipinski definition) is 1. The molecule has 9 heteroatoms. The third-order valence-corrected chi connectivity index (χ3v) is 6.33. The third kappa shape index (κ3) is 6.54. The molecule has 0 aliphatic carbocycles. The Hall–Kier alpha value is -3.72. The predicted octanol–water partition coefficient (Wildman–Crippen LogP) is 4.76. The first-order valence-electron chi connectivity index (χ1n) is 12.4. The molecule has 0 spiro atoms. The maximum Gasteiger partial charge on any atom is 0.416 e. The number of carbonyl (C=O) groups excluding carboxylic acids is 2. The van der Waals surface area contributed by atoms with E-state index in [0.717, 1.165) is 16.8 Å². The van der Waals surface area contributed by atoms with E-state index in [1.165, 1.54) is 17.0 Å². The maximum atomic E-state index is 13.6. The Morgan fingerprint density at radius 1 is 1.22 bits per heavy atom. The fourth-order valence-electron chi connectivity index (χ4n) is 4.55. The molecule has 2 unspecified atom stereocenters. The lowest BCUT2D eigenvalue weighted by Gasteiger charge is -2.26. The number of nitrogens with zero attached hydrogens (tertiary/aromatic N) is 3. The van der Waals surface area contributed by atoms with Crippen LogP contribution in [-0.4, -0.2) is 51.1 Å². The molecule has 1 saturated heterocycles. The summed E-state index contributed by atoms with van der Waals surface area (Å²) >= 11 is 0. The molecule has 0 saturated carbocycles. The number of carbonyl (C=O) groups is 2. The summed E-state index contributed by atoms with van der Waals surface area (Å²) in [5, 5.41) is 14.6. The molecule has 1 amide bonds. The van der Waals surface area contributed by atoms with Crippen molar-refractivity contribution in [2.45, 2.75) is 64.2 Å². The van der Waals surface area contributed by atoms with Crippen LogP contribution in [0.4, 0.5) is 9.18 Å². The minimum Gasteiger partial charge on any atom is -0.462 e. The van der Waals surface area contributed by atoms with E-state index >= 15 is 0 Å². The van der Waals surface area contributed by atoms with E-state index in [4.69, 9.17) is 9.47 Å². The first kappa shape index (κ1) is 26.3. The summed E-state index contributed by atoms with van der Waals surface area (Å²) < 4.78 is 26.5. The van der Waals surface area contributed by atoms with Crippen molar-refractivity contribution in [2.75, 3.05) is 7.05 Å². The molecule has 8 nitrogen and oxygen atoms in total. The van der Waals surface area contributed by atoms with Crippen LogP contribution in [0.15, 0.2) is 54.6 Å². The number of benzene rings is 2. The predicted molar refractivity (Wildman–Crippen MR) is 135 cm³/mol. The Balaban J connectivity index is 1.63. The lowest BCUT2D eigenvalue weighted by Crippen LogP contribution is -2.33. The number of cyclic esters (lactones) is 1. The second kappa shape index (κ2) is 11.6. The fraction of sp³-hybridized carbons (Fsp3) is 0.393. The van der Waals surface area contributed by atoms with E-state index in [1.54, 1.807) is 23.9 Å². The van der Waals surface area contributed by atoms with Gasteiger partial charge in [-0.05, 0) is 48.6 Å². The SMILES string of the molecule is CC(C)c1c(OC(=O)N(C)Cc2ccccc2)nn(-c2ccc(F)cc2)c1CCC1CC(O)CC(=O)O1. The van der Waals surface area contributed by atoms with Gasteiger partial charge in [0.25, 0.3) is 0 Å². The van der Waals surface area contributed by atoms with Crippen LogP contribution >= 0.6 is 0 Å². The topological polar surface area (TPSA) is 93.9 Å². The second-order valence-electron chi connectivity index (χ2n) is 9.66. The Morgan fingerprint density at radius 2 is 1.92 bits per heavy atom. The molecule has 4 rings (SSSR count). The zero-order valence-electron chi connectivity index (χ0n) is 21.3. The highest BCUT2D eigenvalue weighted by Crippen LogP contribution is 2.34. The van der Waals surface area contributed by atoms with Crippen molar-refractivity contribution >= 4 is 12.1 Å². The molecule has 2 atom stereocenters. The molecule has 0 radical (unpaired) electrons. The van der Waals surface area contributed by atoms with Crippen LogP contribution in [-0.2, 0) is 22.5 Å². The smallest absolute Gasteiger partial charge is 0.416 e. The number of esters is 1.